The van der Waals surface area contributed by atoms with E-state index in [2.05, 4.69) is 25.8 Å². The monoisotopic (exact) mass is 245 g/mol. The first kappa shape index (κ1) is 12.1. The molecule has 0 spiro atoms. The Hall–Kier alpha value is -2.37. The van der Waals surface area contributed by atoms with Crippen molar-refractivity contribution in [1.82, 2.24) is 20.8 Å². The SMILES string of the molecule is CN=C(NCc1cccnn1)NCc1ccco1. The zero-order valence-corrected chi connectivity index (χ0v) is 10.1. The Morgan fingerprint density at radius 3 is 2.83 bits per heavy atom. The minimum atomic E-state index is 0.575. The lowest BCUT2D eigenvalue weighted by Gasteiger charge is -2.10. The number of hydrogen-bond donors (Lipinski definition) is 2. The summed E-state index contributed by atoms with van der Waals surface area (Å²) in [5.41, 5.74) is 0.860. The number of guanidine groups is 1. The van der Waals surface area contributed by atoms with E-state index < -0.39 is 0 Å². The van der Waals surface area contributed by atoms with E-state index in [1.54, 1.807) is 19.5 Å². The van der Waals surface area contributed by atoms with Crippen molar-refractivity contribution in [3.8, 4) is 0 Å². The van der Waals surface area contributed by atoms with Gasteiger partial charge in [0.15, 0.2) is 5.96 Å². The van der Waals surface area contributed by atoms with Crippen LogP contribution in [0, 0.1) is 0 Å². The Morgan fingerprint density at radius 1 is 1.28 bits per heavy atom. The van der Waals surface area contributed by atoms with Gasteiger partial charge in [-0.3, -0.25) is 4.99 Å². The molecule has 6 heteroatoms. The number of nitrogens with one attached hydrogen (secondary N) is 2. The van der Waals surface area contributed by atoms with Crippen molar-refractivity contribution >= 4 is 5.96 Å². The lowest BCUT2D eigenvalue weighted by molar-refractivity contribution is 0.501. The third-order valence-corrected chi connectivity index (χ3v) is 2.30. The molecule has 2 aromatic rings. The number of nitrogens with zero attached hydrogens (tertiary/aromatic N) is 3. The number of aromatic nitrogens is 2. The van der Waals surface area contributed by atoms with E-state index in [1.165, 1.54) is 0 Å². The lowest BCUT2D eigenvalue weighted by Crippen LogP contribution is -2.36. The molecular weight excluding hydrogens is 230 g/mol. The van der Waals surface area contributed by atoms with E-state index in [-0.39, 0.29) is 0 Å². The molecule has 18 heavy (non-hydrogen) atoms. The van der Waals surface area contributed by atoms with E-state index in [4.69, 9.17) is 4.42 Å². The van der Waals surface area contributed by atoms with Gasteiger partial charge in [-0.05, 0) is 24.3 Å². The summed E-state index contributed by atoms with van der Waals surface area (Å²) in [6, 6.07) is 7.51. The van der Waals surface area contributed by atoms with Crippen molar-refractivity contribution in [2.24, 2.45) is 4.99 Å². The molecule has 0 fully saturated rings. The van der Waals surface area contributed by atoms with E-state index >= 15 is 0 Å². The molecule has 0 aromatic carbocycles. The summed E-state index contributed by atoms with van der Waals surface area (Å²) in [5, 5.41) is 14.1. The van der Waals surface area contributed by atoms with Gasteiger partial charge in [0.05, 0.1) is 25.0 Å². The molecule has 2 rings (SSSR count). The molecule has 0 aliphatic carbocycles. The minimum Gasteiger partial charge on any atom is -0.467 e. The first-order chi connectivity index (χ1) is 8.88. The Balaban J connectivity index is 1.79. The van der Waals surface area contributed by atoms with Crippen LogP contribution in [0.2, 0.25) is 0 Å². The van der Waals surface area contributed by atoms with Crippen LogP contribution in [-0.2, 0) is 13.1 Å². The average Bonchev–Trinajstić information content (AvgIpc) is 2.93. The van der Waals surface area contributed by atoms with Crippen LogP contribution >= 0.6 is 0 Å². The summed E-state index contributed by atoms with van der Waals surface area (Å²) in [6.07, 6.45) is 3.29. The number of rotatable bonds is 4. The molecule has 0 atom stereocenters. The predicted octanol–water partition coefficient (Wildman–Crippen LogP) is 0.935. The van der Waals surface area contributed by atoms with Crippen LogP contribution < -0.4 is 10.6 Å². The highest BCUT2D eigenvalue weighted by atomic mass is 16.3. The standard InChI is InChI=1S/C12H15N5O/c1-13-12(15-9-11-5-3-7-18-11)14-8-10-4-2-6-16-17-10/h2-7H,8-9H2,1H3,(H2,13,14,15). The largest absolute Gasteiger partial charge is 0.467 e. The Labute approximate surface area is 105 Å². The van der Waals surface area contributed by atoms with Gasteiger partial charge in [-0.2, -0.15) is 10.2 Å². The number of aliphatic imine (C=N–C) groups is 1. The second kappa shape index (κ2) is 6.39. The van der Waals surface area contributed by atoms with Gasteiger partial charge in [0.1, 0.15) is 5.76 Å². The average molecular weight is 245 g/mol. The maximum atomic E-state index is 5.22. The molecule has 94 valence electrons. The van der Waals surface area contributed by atoms with Gasteiger partial charge in [-0.1, -0.05) is 0 Å². The quantitative estimate of drug-likeness (QED) is 0.619. The highest BCUT2D eigenvalue weighted by Crippen LogP contribution is 1.98. The third kappa shape index (κ3) is 3.58. The molecule has 6 nitrogen and oxygen atoms in total. The molecule has 2 N–H and O–H groups in total. The molecule has 0 unspecified atom stereocenters. The fraction of sp³-hybridized carbons (Fsp3) is 0.250. The van der Waals surface area contributed by atoms with Crippen LogP contribution in [0.3, 0.4) is 0 Å². The molecule has 0 bridgehead atoms. The van der Waals surface area contributed by atoms with Crippen LogP contribution in [0.4, 0.5) is 0 Å². The second-order valence-electron chi connectivity index (χ2n) is 3.57. The van der Waals surface area contributed by atoms with Crippen LogP contribution in [0.1, 0.15) is 11.5 Å². The fourth-order valence-electron chi connectivity index (χ4n) is 1.41. The number of hydrogen-bond acceptors (Lipinski definition) is 4. The van der Waals surface area contributed by atoms with Crippen molar-refractivity contribution in [2.45, 2.75) is 13.1 Å². The fourth-order valence-corrected chi connectivity index (χ4v) is 1.41. The summed E-state index contributed by atoms with van der Waals surface area (Å²) in [6.45, 7) is 1.17. The van der Waals surface area contributed by atoms with E-state index in [1.807, 2.05) is 24.3 Å². The molecule has 0 radical (unpaired) electrons. The van der Waals surface area contributed by atoms with Crippen molar-refractivity contribution in [3.05, 3.63) is 48.2 Å². The van der Waals surface area contributed by atoms with Crippen molar-refractivity contribution in [1.29, 1.82) is 0 Å². The zero-order chi connectivity index (χ0) is 12.6. The molecule has 0 saturated carbocycles. The second-order valence-corrected chi connectivity index (χ2v) is 3.57. The number of furan rings is 1. The maximum absolute atomic E-state index is 5.22. The highest BCUT2D eigenvalue weighted by molar-refractivity contribution is 5.79. The van der Waals surface area contributed by atoms with E-state index in [0.717, 1.165) is 11.5 Å². The van der Waals surface area contributed by atoms with Gasteiger partial charge < -0.3 is 15.1 Å². The topological polar surface area (TPSA) is 75.3 Å². The van der Waals surface area contributed by atoms with Crippen LogP contribution in [0.25, 0.3) is 0 Å². The smallest absolute Gasteiger partial charge is 0.191 e. The van der Waals surface area contributed by atoms with Gasteiger partial charge in [0, 0.05) is 13.2 Å². The molecular formula is C12H15N5O. The molecule has 2 heterocycles. The van der Waals surface area contributed by atoms with Crippen LogP contribution in [0.15, 0.2) is 46.1 Å². The Bertz CT molecular complexity index is 480. The maximum Gasteiger partial charge on any atom is 0.191 e. The Kier molecular flexibility index (Phi) is 4.29. The molecule has 2 aromatic heterocycles. The summed E-state index contributed by atoms with van der Waals surface area (Å²) < 4.78 is 5.22. The lowest BCUT2D eigenvalue weighted by atomic mass is 10.4. The molecule has 0 amide bonds. The Morgan fingerprint density at radius 2 is 2.17 bits per heavy atom. The molecule has 0 aliphatic heterocycles. The van der Waals surface area contributed by atoms with Gasteiger partial charge in [-0.25, -0.2) is 0 Å². The van der Waals surface area contributed by atoms with Crippen LogP contribution in [-0.4, -0.2) is 23.2 Å². The van der Waals surface area contributed by atoms with E-state index in [0.29, 0.717) is 19.0 Å². The van der Waals surface area contributed by atoms with Gasteiger partial charge >= 0.3 is 0 Å². The summed E-state index contributed by atoms with van der Waals surface area (Å²) >= 11 is 0. The van der Waals surface area contributed by atoms with Gasteiger partial charge in [0.25, 0.3) is 0 Å². The van der Waals surface area contributed by atoms with Crippen molar-refractivity contribution in [2.75, 3.05) is 7.05 Å². The van der Waals surface area contributed by atoms with Gasteiger partial charge in [-0.15, -0.1) is 0 Å². The highest BCUT2D eigenvalue weighted by Gasteiger charge is 2.00. The first-order valence-electron chi connectivity index (χ1n) is 5.62. The third-order valence-electron chi connectivity index (χ3n) is 2.30. The first-order valence-corrected chi connectivity index (χ1v) is 5.62. The minimum absolute atomic E-state index is 0.575. The predicted molar refractivity (Wildman–Crippen MR) is 67.8 cm³/mol. The molecule has 0 aliphatic rings. The summed E-state index contributed by atoms with van der Waals surface area (Å²) in [4.78, 5) is 4.11. The van der Waals surface area contributed by atoms with Crippen molar-refractivity contribution < 1.29 is 4.42 Å². The molecule has 0 saturated heterocycles. The van der Waals surface area contributed by atoms with Crippen LogP contribution in [0.5, 0.6) is 0 Å². The van der Waals surface area contributed by atoms with Gasteiger partial charge in [0.2, 0.25) is 0 Å². The van der Waals surface area contributed by atoms with E-state index in [9.17, 15) is 0 Å². The normalized spacial score (nSPS) is 11.3. The summed E-state index contributed by atoms with van der Waals surface area (Å²) in [7, 11) is 1.72. The van der Waals surface area contributed by atoms with Crippen molar-refractivity contribution in [3.63, 3.8) is 0 Å². The zero-order valence-electron chi connectivity index (χ0n) is 10.1. The summed E-state index contributed by atoms with van der Waals surface area (Å²) in [5.74, 6) is 1.55.